The standard InChI is InChI=1S/C24H36N4O/c1-17-12-18(2)15-28(14-17)16-22-9-7-6-8-21(22)13-25-24(29)11-10-23-19(3)26-27(5)20(23)4/h6-9,17-18H,10-16H2,1-5H3,(H,25,29). The number of carbonyl (C=O) groups is 1. The van der Waals surface area contributed by atoms with Gasteiger partial charge in [0.2, 0.25) is 5.91 Å². The number of nitrogens with zero attached hydrogens (tertiary/aromatic N) is 3. The molecular formula is C24H36N4O. The SMILES string of the molecule is Cc1nn(C)c(C)c1CCC(=O)NCc1ccccc1CN1CC(C)CC(C)C1. The molecule has 2 atom stereocenters. The zero-order chi connectivity index (χ0) is 21.0. The molecule has 1 aliphatic rings. The van der Waals surface area contributed by atoms with Gasteiger partial charge in [-0.25, -0.2) is 0 Å². The van der Waals surface area contributed by atoms with E-state index in [0.717, 1.165) is 49.3 Å². The van der Waals surface area contributed by atoms with Crippen molar-refractivity contribution in [1.29, 1.82) is 0 Å². The number of rotatable bonds is 7. The number of carbonyl (C=O) groups excluding carboxylic acids is 1. The summed E-state index contributed by atoms with van der Waals surface area (Å²) in [5.41, 5.74) is 5.91. The summed E-state index contributed by atoms with van der Waals surface area (Å²) in [5.74, 6) is 1.61. The van der Waals surface area contributed by atoms with E-state index in [-0.39, 0.29) is 5.91 Å². The molecule has 5 heteroatoms. The molecule has 2 heterocycles. The van der Waals surface area contributed by atoms with E-state index in [4.69, 9.17) is 0 Å². The minimum atomic E-state index is 0.0997. The molecule has 29 heavy (non-hydrogen) atoms. The van der Waals surface area contributed by atoms with Crippen LogP contribution in [-0.4, -0.2) is 33.7 Å². The lowest BCUT2D eigenvalue weighted by Crippen LogP contribution is -2.38. The second-order valence-corrected chi connectivity index (χ2v) is 8.96. The average molecular weight is 397 g/mol. The van der Waals surface area contributed by atoms with Crippen molar-refractivity contribution in [2.75, 3.05) is 13.1 Å². The summed E-state index contributed by atoms with van der Waals surface area (Å²) < 4.78 is 1.89. The van der Waals surface area contributed by atoms with Gasteiger partial charge in [-0.15, -0.1) is 0 Å². The van der Waals surface area contributed by atoms with E-state index in [1.54, 1.807) is 0 Å². The van der Waals surface area contributed by atoms with Crippen molar-refractivity contribution in [3.63, 3.8) is 0 Å². The van der Waals surface area contributed by atoms with Gasteiger partial charge in [0.05, 0.1) is 5.69 Å². The number of piperidine rings is 1. The van der Waals surface area contributed by atoms with Crippen LogP contribution in [0.1, 0.15) is 54.8 Å². The first kappa shape index (κ1) is 21.6. The Kier molecular flexibility index (Phi) is 7.12. The van der Waals surface area contributed by atoms with E-state index in [1.165, 1.54) is 23.1 Å². The number of hydrogen-bond acceptors (Lipinski definition) is 3. The summed E-state index contributed by atoms with van der Waals surface area (Å²) in [6, 6.07) is 8.51. The summed E-state index contributed by atoms with van der Waals surface area (Å²) >= 11 is 0. The first-order chi connectivity index (χ1) is 13.8. The van der Waals surface area contributed by atoms with Crippen LogP contribution in [0.2, 0.25) is 0 Å². The van der Waals surface area contributed by atoms with Crippen LogP contribution in [-0.2, 0) is 31.4 Å². The van der Waals surface area contributed by atoms with Crippen LogP contribution in [0.25, 0.3) is 0 Å². The molecule has 5 nitrogen and oxygen atoms in total. The summed E-state index contributed by atoms with van der Waals surface area (Å²) in [6.07, 6.45) is 2.56. The van der Waals surface area contributed by atoms with Gasteiger partial charge in [-0.2, -0.15) is 5.10 Å². The molecule has 0 radical (unpaired) electrons. The Morgan fingerprint density at radius 2 is 1.79 bits per heavy atom. The number of hydrogen-bond donors (Lipinski definition) is 1. The number of nitrogens with one attached hydrogen (secondary N) is 1. The maximum Gasteiger partial charge on any atom is 0.220 e. The average Bonchev–Trinajstić information content (AvgIpc) is 2.90. The molecule has 1 saturated heterocycles. The Balaban J connectivity index is 1.54. The Labute approximate surface area is 175 Å². The Morgan fingerprint density at radius 3 is 2.41 bits per heavy atom. The predicted molar refractivity (Wildman–Crippen MR) is 118 cm³/mol. The molecule has 1 N–H and O–H groups in total. The number of benzene rings is 1. The zero-order valence-electron chi connectivity index (χ0n) is 18.7. The van der Waals surface area contributed by atoms with Crippen molar-refractivity contribution in [2.45, 2.75) is 60.0 Å². The number of likely N-dealkylation sites (tertiary alicyclic amines) is 1. The molecule has 2 aromatic rings. The van der Waals surface area contributed by atoms with E-state index in [0.29, 0.717) is 13.0 Å². The Hall–Kier alpha value is -2.14. The van der Waals surface area contributed by atoms with Gasteiger partial charge in [0.25, 0.3) is 0 Å². The fourth-order valence-electron chi connectivity index (χ4n) is 4.75. The van der Waals surface area contributed by atoms with Gasteiger partial charge in [-0.1, -0.05) is 38.1 Å². The molecule has 0 bridgehead atoms. The minimum Gasteiger partial charge on any atom is -0.352 e. The van der Waals surface area contributed by atoms with Gasteiger partial charge >= 0.3 is 0 Å². The van der Waals surface area contributed by atoms with Crippen molar-refractivity contribution < 1.29 is 4.79 Å². The molecule has 0 aliphatic carbocycles. The second-order valence-electron chi connectivity index (χ2n) is 8.96. The second kappa shape index (κ2) is 9.57. The lowest BCUT2D eigenvalue weighted by atomic mass is 9.91. The van der Waals surface area contributed by atoms with Crippen LogP contribution in [0, 0.1) is 25.7 Å². The Bertz CT molecular complexity index is 831. The lowest BCUT2D eigenvalue weighted by molar-refractivity contribution is -0.121. The number of aromatic nitrogens is 2. The molecule has 1 aliphatic heterocycles. The third-order valence-corrected chi connectivity index (χ3v) is 6.19. The highest BCUT2D eigenvalue weighted by Gasteiger charge is 2.22. The van der Waals surface area contributed by atoms with E-state index in [9.17, 15) is 4.79 Å². The van der Waals surface area contributed by atoms with Crippen LogP contribution in [0.4, 0.5) is 0 Å². The van der Waals surface area contributed by atoms with Crippen LogP contribution in [0.15, 0.2) is 24.3 Å². The van der Waals surface area contributed by atoms with Crippen molar-refractivity contribution in [3.05, 3.63) is 52.3 Å². The van der Waals surface area contributed by atoms with Gasteiger partial charge in [0.1, 0.15) is 0 Å². The monoisotopic (exact) mass is 396 g/mol. The highest BCUT2D eigenvalue weighted by atomic mass is 16.1. The normalized spacial score (nSPS) is 20.0. The molecule has 3 rings (SSSR count). The minimum absolute atomic E-state index is 0.0997. The van der Waals surface area contributed by atoms with Crippen molar-refractivity contribution >= 4 is 5.91 Å². The predicted octanol–water partition coefficient (Wildman–Crippen LogP) is 3.76. The third kappa shape index (κ3) is 5.69. The fraction of sp³-hybridized carbons (Fsp3) is 0.583. The highest BCUT2D eigenvalue weighted by Crippen LogP contribution is 2.23. The van der Waals surface area contributed by atoms with Gasteiger partial charge in [-0.05, 0) is 55.2 Å². The summed E-state index contributed by atoms with van der Waals surface area (Å²) in [7, 11) is 1.95. The van der Waals surface area contributed by atoms with Crippen molar-refractivity contribution in [2.24, 2.45) is 18.9 Å². The van der Waals surface area contributed by atoms with E-state index >= 15 is 0 Å². The molecule has 1 aromatic heterocycles. The lowest BCUT2D eigenvalue weighted by Gasteiger charge is -2.35. The number of aryl methyl sites for hydroxylation is 2. The van der Waals surface area contributed by atoms with Crippen LogP contribution < -0.4 is 5.32 Å². The summed E-state index contributed by atoms with van der Waals surface area (Å²) in [5, 5.41) is 7.57. The van der Waals surface area contributed by atoms with Gasteiger partial charge in [0.15, 0.2) is 0 Å². The van der Waals surface area contributed by atoms with E-state index < -0.39 is 0 Å². The highest BCUT2D eigenvalue weighted by molar-refractivity contribution is 5.76. The number of amides is 1. The molecule has 1 aromatic carbocycles. The molecule has 1 fully saturated rings. The molecule has 2 unspecified atom stereocenters. The quantitative estimate of drug-likeness (QED) is 0.775. The van der Waals surface area contributed by atoms with Gasteiger partial charge in [0, 0.05) is 45.3 Å². The first-order valence-electron chi connectivity index (χ1n) is 10.9. The van der Waals surface area contributed by atoms with E-state index in [1.807, 2.05) is 18.7 Å². The topological polar surface area (TPSA) is 50.2 Å². The van der Waals surface area contributed by atoms with Crippen molar-refractivity contribution in [3.8, 4) is 0 Å². The van der Waals surface area contributed by atoms with Gasteiger partial charge < -0.3 is 5.32 Å². The largest absolute Gasteiger partial charge is 0.352 e. The maximum atomic E-state index is 12.5. The summed E-state index contributed by atoms with van der Waals surface area (Å²) in [4.78, 5) is 15.0. The first-order valence-corrected chi connectivity index (χ1v) is 10.9. The van der Waals surface area contributed by atoms with Crippen LogP contribution >= 0.6 is 0 Å². The van der Waals surface area contributed by atoms with Gasteiger partial charge in [-0.3, -0.25) is 14.4 Å². The molecule has 1 amide bonds. The smallest absolute Gasteiger partial charge is 0.220 e. The van der Waals surface area contributed by atoms with E-state index in [2.05, 4.69) is 60.4 Å². The fourth-order valence-corrected chi connectivity index (χ4v) is 4.75. The molecule has 158 valence electrons. The Morgan fingerprint density at radius 1 is 1.14 bits per heavy atom. The molecule has 0 saturated carbocycles. The van der Waals surface area contributed by atoms with Crippen molar-refractivity contribution in [1.82, 2.24) is 20.0 Å². The summed E-state index contributed by atoms with van der Waals surface area (Å²) in [6.45, 7) is 12.7. The molecular weight excluding hydrogens is 360 g/mol. The molecule has 0 spiro atoms. The van der Waals surface area contributed by atoms with Crippen LogP contribution in [0.5, 0.6) is 0 Å². The third-order valence-electron chi connectivity index (χ3n) is 6.19. The maximum absolute atomic E-state index is 12.5. The van der Waals surface area contributed by atoms with Crippen LogP contribution in [0.3, 0.4) is 0 Å². The zero-order valence-corrected chi connectivity index (χ0v) is 18.7.